The Hall–Kier alpha value is -1.52. The monoisotopic (exact) mass is 286 g/mol. The number of hydrogen-bond donors (Lipinski definition) is 1. The Morgan fingerprint density at radius 3 is 2.90 bits per heavy atom. The van der Waals surface area contributed by atoms with Crippen LogP contribution in [0.15, 0.2) is 47.5 Å². The molecule has 0 aliphatic heterocycles. The molecule has 0 radical (unpaired) electrons. The van der Waals surface area contributed by atoms with Gasteiger partial charge in [0.25, 0.3) is 0 Å². The number of aromatic nitrogens is 1. The van der Waals surface area contributed by atoms with Gasteiger partial charge in [-0.05, 0) is 37.3 Å². The van der Waals surface area contributed by atoms with Crippen LogP contribution in [0.25, 0.3) is 0 Å². The molecule has 104 valence electrons. The summed E-state index contributed by atoms with van der Waals surface area (Å²) >= 11 is 1.68. The number of hydrogen-bond acceptors (Lipinski definition) is 4. The Balaban J connectivity index is 1.78. The van der Waals surface area contributed by atoms with Gasteiger partial charge in [0.1, 0.15) is 5.75 Å². The van der Waals surface area contributed by atoms with E-state index >= 15 is 0 Å². The van der Waals surface area contributed by atoms with Crippen LogP contribution < -0.4 is 10.1 Å². The van der Waals surface area contributed by atoms with Crippen molar-refractivity contribution in [2.45, 2.75) is 30.3 Å². The smallest absolute Gasteiger partial charge is 0.223 e. The second-order valence-corrected chi connectivity index (χ2v) is 5.72. The first kappa shape index (κ1) is 13.5. The van der Waals surface area contributed by atoms with E-state index in [4.69, 9.17) is 4.74 Å². The lowest BCUT2D eigenvalue weighted by Gasteiger charge is -2.12. The largest absolute Gasteiger partial charge is 0.438 e. The highest BCUT2D eigenvalue weighted by Gasteiger charge is 2.20. The maximum absolute atomic E-state index is 6.01. The maximum atomic E-state index is 6.01. The topological polar surface area (TPSA) is 34.1 Å². The van der Waals surface area contributed by atoms with E-state index in [1.165, 1.54) is 12.8 Å². The van der Waals surface area contributed by atoms with Gasteiger partial charge in [0, 0.05) is 29.2 Å². The molecule has 0 atom stereocenters. The molecule has 3 nitrogen and oxygen atoms in total. The second kappa shape index (κ2) is 6.29. The van der Waals surface area contributed by atoms with E-state index in [2.05, 4.69) is 28.7 Å². The number of ether oxygens (including phenoxy) is 1. The van der Waals surface area contributed by atoms with Gasteiger partial charge in [-0.3, -0.25) is 0 Å². The zero-order valence-electron chi connectivity index (χ0n) is 11.5. The number of pyridine rings is 1. The van der Waals surface area contributed by atoms with Crippen LogP contribution in [0.3, 0.4) is 0 Å². The van der Waals surface area contributed by atoms with Crippen LogP contribution in [0, 0.1) is 0 Å². The molecule has 1 aromatic carbocycles. The molecule has 0 unspecified atom stereocenters. The summed E-state index contributed by atoms with van der Waals surface area (Å²) in [6, 6.07) is 12.8. The summed E-state index contributed by atoms with van der Waals surface area (Å²) in [6.07, 6.45) is 6.39. The Labute approximate surface area is 123 Å². The van der Waals surface area contributed by atoms with E-state index in [9.17, 15) is 0 Å². The van der Waals surface area contributed by atoms with E-state index in [0.29, 0.717) is 11.9 Å². The molecule has 0 bridgehead atoms. The molecule has 3 rings (SSSR count). The fraction of sp³-hybridized carbons (Fsp3) is 0.312. The number of benzene rings is 1. The van der Waals surface area contributed by atoms with Gasteiger partial charge in [-0.1, -0.05) is 18.2 Å². The van der Waals surface area contributed by atoms with Crippen molar-refractivity contribution in [1.82, 2.24) is 10.3 Å². The highest BCUT2D eigenvalue weighted by atomic mass is 32.2. The first-order valence-corrected chi connectivity index (χ1v) is 8.07. The van der Waals surface area contributed by atoms with E-state index < -0.39 is 0 Å². The number of nitrogens with one attached hydrogen (secondary N) is 1. The quantitative estimate of drug-likeness (QED) is 0.818. The molecule has 1 N–H and O–H groups in total. The number of para-hydroxylation sites is 1. The van der Waals surface area contributed by atoms with Gasteiger partial charge in [0.15, 0.2) is 0 Å². The van der Waals surface area contributed by atoms with Crippen molar-refractivity contribution >= 4 is 11.8 Å². The average molecular weight is 286 g/mol. The van der Waals surface area contributed by atoms with Crippen LogP contribution in [-0.4, -0.2) is 17.3 Å². The molecule has 1 aromatic heterocycles. The zero-order valence-corrected chi connectivity index (χ0v) is 12.3. The van der Waals surface area contributed by atoms with Crippen LogP contribution >= 0.6 is 11.8 Å². The van der Waals surface area contributed by atoms with Crippen LogP contribution in [0.2, 0.25) is 0 Å². The summed E-state index contributed by atoms with van der Waals surface area (Å²) in [5, 5.41) is 3.50. The SMILES string of the molecule is CSc1ccccc1Oc1ncccc1CNC1CC1. The number of nitrogens with zero attached hydrogens (tertiary/aromatic N) is 1. The van der Waals surface area contributed by atoms with E-state index in [-0.39, 0.29) is 0 Å². The summed E-state index contributed by atoms with van der Waals surface area (Å²) in [5.41, 5.74) is 1.11. The summed E-state index contributed by atoms with van der Waals surface area (Å²) in [4.78, 5) is 5.50. The van der Waals surface area contributed by atoms with Gasteiger partial charge in [0.2, 0.25) is 5.88 Å². The lowest BCUT2D eigenvalue weighted by molar-refractivity contribution is 0.443. The lowest BCUT2D eigenvalue weighted by atomic mass is 10.2. The highest BCUT2D eigenvalue weighted by molar-refractivity contribution is 7.98. The molecule has 1 aliphatic carbocycles. The molecule has 20 heavy (non-hydrogen) atoms. The van der Waals surface area contributed by atoms with Crippen LogP contribution in [0.5, 0.6) is 11.6 Å². The van der Waals surface area contributed by atoms with Crippen molar-refractivity contribution in [2.75, 3.05) is 6.26 Å². The van der Waals surface area contributed by atoms with E-state index in [1.54, 1.807) is 18.0 Å². The predicted octanol–water partition coefficient (Wildman–Crippen LogP) is 3.85. The van der Waals surface area contributed by atoms with Gasteiger partial charge in [-0.15, -0.1) is 11.8 Å². The molecular formula is C16H18N2OS. The second-order valence-electron chi connectivity index (χ2n) is 4.88. The van der Waals surface area contributed by atoms with Crippen molar-refractivity contribution in [3.8, 4) is 11.6 Å². The minimum absolute atomic E-state index is 0.682. The summed E-state index contributed by atoms with van der Waals surface area (Å²) in [7, 11) is 0. The third-order valence-electron chi connectivity index (χ3n) is 3.28. The minimum Gasteiger partial charge on any atom is -0.438 e. The van der Waals surface area contributed by atoms with Crippen LogP contribution in [0.4, 0.5) is 0 Å². The molecule has 0 amide bonds. The normalized spacial score (nSPS) is 14.2. The fourth-order valence-electron chi connectivity index (χ4n) is 2.00. The van der Waals surface area contributed by atoms with Gasteiger partial charge in [-0.2, -0.15) is 0 Å². The first-order chi connectivity index (χ1) is 9.86. The minimum atomic E-state index is 0.682. The standard InChI is InChI=1S/C16H18N2OS/c1-20-15-7-3-2-6-14(15)19-16-12(5-4-10-17-16)11-18-13-8-9-13/h2-7,10,13,18H,8-9,11H2,1H3. The highest BCUT2D eigenvalue weighted by Crippen LogP contribution is 2.31. The lowest BCUT2D eigenvalue weighted by Crippen LogP contribution is -2.16. The Morgan fingerprint density at radius 2 is 2.10 bits per heavy atom. The third kappa shape index (κ3) is 3.32. The van der Waals surface area contributed by atoms with Gasteiger partial charge < -0.3 is 10.1 Å². The average Bonchev–Trinajstić information content (AvgIpc) is 3.31. The van der Waals surface area contributed by atoms with Crippen molar-refractivity contribution in [1.29, 1.82) is 0 Å². The molecule has 1 heterocycles. The van der Waals surface area contributed by atoms with Crippen molar-refractivity contribution in [3.05, 3.63) is 48.2 Å². The Morgan fingerprint density at radius 1 is 1.25 bits per heavy atom. The molecule has 4 heteroatoms. The molecule has 1 aliphatic rings. The van der Waals surface area contributed by atoms with Crippen molar-refractivity contribution in [2.24, 2.45) is 0 Å². The Bertz CT molecular complexity index is 584. The Kier molecular flexibility index (Phi) is 4.23. The molecule has 1 saturated carbocycles. The van der Waals surface area contributed by atoms with Gasteiger partial charge >= 0.3 is 0 Å². The van der Waals surface area contributed by atoms with Crippen molar-refractivity contribution < 1.29 is 4.74 Å². The van der Waals surface area contributed by atoms with Gasteiger partial charge in [0.05, 0.1) is 0 Å². The fourth-order valence-corrected chi connectivity index (χ4v) is 2.53. The predicted molar refractivity (Wildman–Crippen MR) is 82.4 cm³/mol. The van der Waals surface area contributed by atoms with E-state index in [1.807, 2.05) is 24.3 Å². The molecule has 0 spiro atoms. The summed E-state index contributed by atoms with van der Waals surface area (Å²) in [5.74, 6) is 1.56. The maximum Gasteiger partial charge on any atom is 0.223 e. The number of rotatable bonds is 6. The van der Waals surface area contributed by atoms with Crippen LogP contribution in [0.1, 0.15) is 18.4 Å². The first-order valence-electron chi connectivity index (χ1n) is 6.85. The summed E-state index contributed by atoms with van der Waals surface area (Å²) < 4.78 is 6.01. The molecule has 2 aromatic rings. The van der Waals surface area contributed by atoms with Crippen molar-refractivity contribution in [3.63, 3.8) is 0 Å². The number of thioether (sulfide) groups is 1. The molecule has 0 saturated heterocycles. The summed E-state index contributed by atoms with van der Waals surface area (Å²) in [6.45, 7) is 0.815. The molecule has 1 fully saturated rings. The molecular weight excluding hydrogens is 268 g/mol. The van der Waals surface area contributed by atoms with Crippen LogP contribution in [-0.2, 0) is 6.54 Å². The van der Waals surface area contributed by atoms with E-state index in [0.717, 1.165) is 22.8 Å². The third-order valence-corrected chi connectivity index (χ3v) is 4.06. The van der Waals surface area contributed by atoms with Gasteiger partial charge in [-0.25, -0.2) is 4.98 Å². The zero-order chi connectivity index (χ0) is 13.8.